The molecule has 1 saturated carbocycles. The van der Waals surface area contributed by atoms with Gasteiger partial charge in [0.2, 0.25) is 15.9 Å². The Bertz CT molecular complexity index is 805. The zero-order valence-corrected chi connectivity index (χ0v) is 14.9. The third kappa shape index (κ3) is 3.41. The summed E-state index contributed by atoms with van der Waals surface area (Å²) >= 11 is 0. The molecule has 0 saturated heterocycles. The van der Waals surface area contributed by atoms with Crippen molar-refractivity contribution in [1.29, 1.82) is 0 Å². The van der Waals surface area contributed by atoms with E-state index in [4.69, 9.17) is 5.11 Å². The number of hydrogen-bond donors (Lipinski definition) is 2. The molecule has 2 N–H and O–H groups in total. The van der Waals surface area contributed by atoms with Crippen LogP contribution in [0.3, 0.4) is 0 Å². The van der Waals surface area contributed by atoms with Crippen LogP contribution >= 0.6 is 0 Å². The second kappa shape index (κ2) is 6.76. The molecule has 0 radical (unpaired) electrons. The molecule has 3 rings (SSSR count). The fourth-order valence-corrected chi connectivity index (χ4v) is 4.74. The molecule has 1 aliphatic heterocycles. The van der Waals surface area contributed by atoms with E-state index in [1.54, 1.807) is 30.0 Å². The number of rotatable bonds is 5. The molecule has 1 amide bonds. The predicted molar refractivity (Wildman–Crippen MR) is 91.8 cm³/mol. The van der Waals surface area contributed by atoms with Crippen molar-refractivity contribution in [1.82, 2.24) is 4.72 Å². The minimum Gasteiger partial charge on any atom is -0.481 e. The number of amides is 1. The van der Waals surface area contributed by atoms with Gasteiger partial charge in [0.25, 0.3) is 0 Å². The number of fused-ring (bicyclic) bond motifs is 1. The molecule has 1 aliphatic carbocycles. The van der Waals surface area contributed by atoms with Gasteiger partial charge in [-0.2, -0.15) is 0 Å². The molecular formula is C17H22N2O5S. The van der Waals surface area contributed by atoms with Gasteiger partial charge in [-0.25, -0.2) is 13.1 Å². The summed E-state index contributed by atoms with van der Waals surface area (Å²) in [7, 11) is -3.59. The second-order valence-corrected chi connectivity index (χ2v) is 8.34. The van der Waals surface area contributed by atoms with E-state index in [2.05, 4.69) is 4.72 Å². The van der Waals surface area contributed by atoms with Gasteiger partial charge in [0.05, 0.1) is 10.8 Å². The van der Waals surface area contributed by atoms with E-state index in [1.807, 2.05) is 0 Å². The van der Waals surface area contributed by atoms with Gasteiger partial charge in [-0.15, -0.1) is 0 Å². The van der Waals surface area contributed by atoms with Crippen molar-refractivity contribution in [2.75, 3.05) is 18.0 Å². The fourth-order valence-electron chi connectivity index (χ4n) is 3.68. The molecule has 2 aliphatic rings. The summed E-state index contributed by atoms with van der Waals surface area (Å²) in [5, 5.41) is 9.11. The van der Waals surface area contributed by atoms with Crippen molar-refractivity contribution in [2.45, 2.75) is 37.5 Å². The topological polar surface area (TPSA) is 104 Å². The van der Waals surface area contributed by atoms with Crippen LogP contribution in [0.2, 0.25) is 0 Å². The van der Waals surface area contributed by atoms with Crippen molar-refractivity contribution in [3.63, 3.8) is 0 Å². The monoisotopic (exact) mass is 366 g/mol. The van der Waals surface area contributed by atoms with Gasteiger partial charge in [0.15, 0.2) is 0 Å². The average molecular weight is 366 g/mol. The first-order valence-electron chi connectivity index (χ1n) is 8.50. The largest absolute Gasteiger partial charge is 0.481 e. The van der Waals surface area contributed by atoms with Gasteiger partial charge in [-0.05, 0) is 43.4 Å². The number of nitrogens with one attached hydrogen (secondary N) is 1. The Balaban J connectivity index is 1.84. The zero-order valence-electron chi connectivity index (χ0n) is 14.1. The molecule has 7 nitrogen and oxygen atoms in total. The fraction of sp³-hybridized carbons (Fsp3) is 0.529. The highest BCUT2D eigenvalue weighted by atomic mass is 32.2. The number of nitrogens with zero attached hydrogens (tertiary/aromatic N) is 1. The molecule has 1 fully saturated rings. The van der Waals surface area contributed by atoms with E-state index < -0.39 is 21.9 Å². The van der Waals surface area contributed by atoms with Gasteiger partial charge in [0, 0.05) is 24.7 Å². The molecule has 2 atom stereocenters. The van der Waals surface area contributed by atoms with Crippen LogP contribution in [0.5, 0.6) is 0 Å². The molecule has 0 spiro atoms. The molecule has 8 heteroatoms. The van der Waals surface area contributed by atoms with Crippen LogP contribution in [0, 0.1) is 11.8 Å². The first-order chi connectivity index (χ1) is 11.8. The summed E-state index contributed by atoms with van der Waals surface area (Å²) < 4.78 is 26.9. The SMILES string of the molecule is CCNS(=O)(=O)c1ccc2c(c1)N(C(=O)[C@@H]1CC[C@H](C(=O)O)C1)CC2. The lowest BCUT2D eigenvalue weighted by Gasteiger charge is -2.22. The number of carboxylic acids is 1. The summed E-state index contributed by atoms with van der Waals surface area (Å²) in [5.41, 5.74) is 1.57. The number of carbonyl (C=O) groups excluding carboxylic acids is 1. The summed E-state index contributed by atoms with van der Waals surface area (Å²) in [6.45, 7) is 2.51. The minimum absolute atomic E-state index is 0.0968. The maximum atomic E-state index is 12.8. The van der Waals surface area contributed by atoms with E-state index >= 15 is 0 Å². The van der Waals surface area contributed by atoms with E-state index in [9.17, 15) is 18.0 Å². The van der Waals surface area contributed by atoms with E-state index in [0.29, 0.717) is 44.5 Å². The van der Waals surface area contributed by atoms with Crippen molar-refractivity contribution in [3.8, 4) is 0 Å². The lowest BCUT2D eigenvalue weighted by molar-refractivity contribution is -0.141. The lowest BCUT2D eigenvalue weighted by Crippen LogP contribution is -2.34. The van der Waals surface area contributed by atoms with Gasteiger partial charge >= 0.3 is 5.97 Å². The number of hydrogen-bond acceptors (Lipinski definition) is 4. The predicted octanol–water partition coefficient (Wildman–Crippen LogP) is 1.37. The lowest BCUT2D eigenvalue weighted by atomic mass is 10.0. The Kier molecular flexibility index (Phi) is 4.83. The van der Waals surface area contributed by atoms with Crippen LogP contribution in [0.25, 0.3) is 0 Å². The van der Waals surface area contributed by atoms with Crippen molar-refractivity contribution >= 4 is 27.6 Å². The number of carboxylic acid groups (broad SMARTS) is 1. The quantitative estimate of drug-likeness (QED) is 0.819. The Morgan fingerprint density at radius 2 is 2.00 bits per heavy atom. The molecule has 0 aromatic heterocycles. The highest BCUT2D eigenvalue weighted by molar-refractivity contribution is 7.89. The van der Waals surface area contributed by atoms with E-state index in [1.165, 1.54) is 0 Å². The van der Waals surface area contributed by atoms with E-state index in [-0.39, 0.29) is 16.7 Å². The molecule has 136 valence electrons. The Labute approximate surface area is 147 Å². The van der Waals surface area contributed by atoms with E-state index in [0.717, 1.165) is 5.56 Å². The third-order valence-corrected chi connectivity index (χ3v) is 6.54. The van der Waals surface area contributed by atoms with Gasteiger partial charge in [-0.1, -0.05) is 13.0 Å². The van der Waals surface area contributed by atoms with Gasteiger partial charge in [-0.3, -0.25) is 9.59 Å². The summed E-state index contributed by atoms with van der Waals surface area (Å²) in [6, 6.07) is 4.85. The molecule has 0 bridgehead atoms. The number of aliphatic carboxylic acids is 1. The van der Waals surface area contributed by atoms with Crippen LogP contribution < -0.4 is 9.62 Å². The summed E-state index contributed by atoms with van der Waals surface area (Å²) in [4.78, 5) is 25.7. The van der Waals surface area contributed by atoms with Crippen molar-refractivity contribution < 1.29 is 23.1 Å². The molecule has 1 heterocycles. The van der Waals surface area contributed by atoms with Gasteiger partial charge < -0.3 is 10.0 Å². The number of benzene rings is 1. The Morgan fingerprint density at radius 1 is 1.28 bits per heavy atom. The Morgan fingerprint density at radius 3 is 2.64 bits per heavy atom. The highest BCUT2D eigenvalue weighted by Gasteiger charge is 2.38. The zero-order chi connectivity index (χ0) is 18.2. The maximum absolute atomic E-state index is 12.8. The average Bonchev–Trinajstić information content (AvgIpc) is 3.21. The third-order valence-electron chi connectivity index (χ3n) is 4.99. The molecule has 1 aromatic rings. The van der Waals surface area contributed by atoms with Crippen LogP contribution in [-0.4, -0.2) is 38.5 Å². The number of sulfonamides is 1. The highest BCUT2D eigenvalue weighted by Crippen LogP contribution is 2.37. The second-order valence-electron chi connectivity index (χ2n) is 6.58. The van der Waals surface area contributed by atoms with Crippen LogP contribution in [-0.2, 0) is 26.0 Å². The molecule has 1 aromatic carbocycles. The molecule has 25 heavy (non-hydrogen) atoms. The molecular weight excluding hydrogens is 344 g/mol. The van der Waals surface area contributed by atoms with Crippen LogP contribution in [0.4, 0.5) is 5.69 Å². The number of carbonyl (C=O) groups is 2. The first kappa shape index (κ1) is 17.9. The van der Waals surface area contributed by atoms with Gasteiger partial charge in [0.1, 0.15) is 0 Å². The maximum Gasteiger partial charge on any atom is 0.306 e. The Hall–Kier alpha value is -1.93. The first-order valence-corrected chi connectivity index (χ1v) is 9.98. The minimum atomic E-state index is -3.59. The van der Waals surface area contributed by atoms with Crippen molar-refractivity contribution in [2.24, 2.45) is 11.8 Å². The van der Waals surface area contributed by atoms with Crippen LogP contribution in [0.15, 0.2) is 23.1 Å². The smallest absolute Gasteiger partial charge is 0.306 e. The summed E-state index contributed by atoms with van der Waals surface area (Å²) in [6.07, 6.45) is 2.12. The number of anilines is 1. The van der Waals surface area contributed by atoms with Crippen molar-refractivity contribution in [3.05, 3.63) is 23.8 Å². The standard InChI is InChI=1S/C17H22N2O5S/c1-2-18-25(23,24)14-6-5-11-7-8-19(15(11)10-14)16(20)12-3-4-13(9-12)17(21)22/h5-6,10,12-13,18H,2-4,7-9H2,1H3,(H,21,22)/t12-,13+/m1/s1. The normalized spacial score (nSPS) is 22.8. The summed E-state index contributed by atoms with van der Waals surface area (Å²) in [5.74, 6) is -1.71. The van der Waals surface area contributed by atoms with Crippen LogP contribution in [0.1, 0.15) is 31.7 Å². The molecule has 0 unspecified atom stereocenters.